The molecule has 0 spiro atoms. The Morgan fingerprint density at radius 2 is 0.875 bits per heavy atom. The van der Waals surface area contributed by atoms with Crippen LogP contribution in [0.4, 0.5) is 0 Å². The number of benzene rings is 4. The lowest BCUT2D eigenvalue weighted by molar-refractivity contribution is 0.399. The van der Waals surface area contributed by atoms with Crippen molar-refractivity contribution in [1.82, 2.24) is 19.1 Å². The van der Waals surface area contributed by atoms with Crippen molar-refractivity contribution in [2.75, 3.05) is 0 Å². The minimum Gasteiger partial charge on any atom is -0.508 e. The fourth-order valence-corrected chi connectivity index (χ4v) is 5.72. The first kappa shape index (κ1) is 24.5. The second-order valence-electron chi connectivity index (χ2n) is 10.9. The van der Waals surface area contributed by atoms with Gasteiger partial charge >= 0.3 is 0 Å². The van der Waals surface area contributed by atoms with Gasteiger partial charge in [-0.2, -0.15) is 0 Å². The van der Waals surface area contributed by atoms with E-state index >= 15 is 0 Å². The number of fused-ring (bicyclic) bond motifs is 2. The summed E-state index contributed by atoms with van der Waals surface area (Å²) in [6, 6.07) is 31.2. The lowest BCUT2D eigenvalue weighted by Crippen LogP contribution is -2.14. The Morgan fingerprint density at radius 1 is 0.500 bits per heavy atom. The van der Waals surface area contributed by atoms with Gasteiger partial charge in [-0.25, -0.2) is 9.97 Å². The molecule has 0 saturated heterocycles. The number of imidazole rings is 2. The smallest absolute Gasteiger partial charge is 0.117 e. The van der Waals surface area contributed by atoms with Crippen molar-refractivity contribution < 1.29 is 10.2 Å². The van der Waals surface area contributed by atoms with E-state index in [2.05, 4.69) is 33.4 Å². The molecule has 2 aliphatic carbocycles. The van der Waals surface area contributed by atoms with Crippen molar-refractivity contribution in [2.24, 2.45) is 0 Å². The summed E-state index contributed by atoms with van der Waals surface area (Å²) in [4.78, 5) is 9.67. The Labute approximate surface area is 233 Å². The van der Waals surface area contributed by atoms with E-state index < -0.39 is 0 Å². The van der Waals surface area contributed by atoms with E-state index in [4.69, 9.17) is 9.97 Å². The molecule has 6 aromatic rings. The van der Waals surface area contributed by atoms with E-state index in [1.54, 1.807) is 24.3 Å². The summed E-state index contributed by atoms with van der Waals surface area (Å²) in [5.41, 5.74) is 6.50. The molecule has 2 heterocycles. The van der Waals surface area contributed by atoms with Crippen LogP contribution in [0.3, 0.4) is 0 Å². The van der Waals surface area contributed by atoms with Crippen LogP contribution in [-0.4, -0.2) is 29.3 Å². The molecule has 2 N–H and O–H groups in total. The van der Waals surface area contributed by atoms with E-state index in [-0.39, 0.29) is 0 Å². The fourth-order valence-electron chi connectivity index (χ4n) is 5.72. The van der Waals surface area contributed by atoms with Gasteiger partial charge in [0.1, 0.15) is 23.1 Å². The molecule has 0 bridgehead atoms. The predicted octanol–water partition coefficient (Wildman–Crippen LogP) is 8.00. The number of para-hydroxylation sites is 4. The molecule has 0 atom stereocenters. The van der Waals surface area contributed by atoms with Crippen molar-refractivity contribution in [3.8, 4) is 22.9 Å². The second kappa shape index (κ2) is 10.2. The first-order chi connectivity index (χ1) is 19.7. The maximum Gasteiger partial charge on any atom is 0.117 e. The molecule has 0 amide bonds. The van der Waals surface area contributed by atoms with Crippen molar-refractivity contribution in [3.63, 3.8) is 0 Å². The highest BCUT2D eigenvalue weighted by Gasteiger charge is 2.27. The summed E-state index contributed by atoms with van der Waals surface area (Å²) in [6.45, 7) is 0. The monoisotopic (exact) mass is 528 g/mol. The highest BCUT2D eigenvalue weighted by Crippen LogP contribution is 2.39. The number of aromatic nitrogens is 4. The Bertz CT molecular complexity index is 1640. The summed E-state index contributed by atoms with van der Waals surface area (Å²) >= 11 is 0. The molecular weight excluding hydrogens is 496 g/mol. The molecule has 0 radical (unpaired) electrons. The number of rotatable bonds is 4. The zero-order valence-corrected chi connectivity index (χ0v) is 22.3. The van der Waals surface area contributed by atoms with E-state index in [0.29, 0.717) is 23.3 Å². The SMILES string of the molecule is Oc1ccc(-n2c(C3CCC3)nc3ccccc32)cc1.Oc1ccc(-n2c(C3CCC3)nc3ccccc32)cc1. The van der Waals surface area contributed by atoms with Gasteiger partial charge < -0.3 is 10.2 Å². The van der Waals surface area contributed by atoms with Gasteiger partial charge in [-0.1, -0.05) is 37.1 Å². The van der Waals surface area contributed by atoms with Crippen LogP contribution in [0.2, 0.25) is 0 Å². The van der Waals surface area contributed by atoms with Gasteiger partial charge in [-0.15, -0.1) is 0 Å². The molecule has 2 fully saturated rings. The average molecular weight is 529 g/mol. The zero-order valence-electron chi connectivity index (χ0n) is 22.3. The molecule has 0 aliphatic heterocycles. The van der Waals surface area contributed by atoms with E-state index in [0.717, 1.165) is 45.1 Å². The van der Waals surface area contributed by atoms with Crippen molar-refractivity contribution >= 4 is 22.1 Å². The Kier molecular flexibility index (Phi) is 6.23. The van der Waals surface area contributed by atoms with Crippen molar-refractivity contribution in [1.29, 1.82) is 0 Å². The number of nitrogens with zero attached hydrogens (tertiary/aromatic N) is 4. The molecule has 6 heteroatoms. The van der Waals surface area contributed by atoms with Crippen LogP contribution in [-0.2, 0) is 0 Å². The summed E-state index contributed by atoms with van der Waals surface area (Å²) in [6.07, 6.45) is 7.48. The molecule has 2 aromatic heterocycles. The van der Waals surface area contributed by atoms with Gasteiger partial charge in [0.25, 0.3) is 0 Å². The Morgan fingerprint density at radius 3 is 1.23 bits per heavy atom. The maximum absolute atomic E-state index is 9.48. The third kappa shape index (κ3) is 4.39. The first-order valence-corrected chi connectivity index (χ1v) is 14.2. The van der Waals surface area contributed by atoms with Crippen molar-refractivity contribution in [2.45, 2.75) is 50.4 Å². The van der Waals surface area contributed by atoms with Crippen LogP contribution in [0.25, 0.3) is 33.4 Å². The largest absolute Gasteiger partial charge is 0.508 e. The minimum absolute atomic E-state index is 0.295. The van der Waals surface area contributed by atoms with E-state index in [9.17, 15) is 10.2 Å². The Hall–Kier alpha value is -4.58. The summed E-state index contributed by atoms with van der Waals surface area (Å²) in [5.74, 6) is 4.03. The average Bonchev–Trinajstić information content (AvgIpc) is 3.47. The number of phenols is 2. The number of hydrogen-bond acceptors (Lipinski definition) is 4. The van der Waals surface area contributed by atoms with Crippen LogP contribution in [0.1, 0.15) is 62.0 Å². The van der Waals surface area contributed by atoms with Gasteiger partial charge in [-0.3, -0.25) is 9.13 Å². The number of aromatic hydroxyl groups is 2. The van der Waals surface area contributed by atoms with Crippen molar-refractivity contribution in [3.05, 3.63) is 109 Å². The molecule has 40 heavy (non-hydrogen) atoms. The molecule has 6 nitrogen and oxygen atoms in total. The van der Waals surface area contributed by atoms with Gasteiger partial charge in [0.2, 0.25) is 0 Å². The van der Waals surface area contributed by atoms with Crippen LogP contribution in [0.5, 0.6) is 11.5 Å². The summed E-state index contributed by atoms with van der Waals surface area (Å²) < 4.78 is 4.47. The second-order valence-corrected chi connectivity index (χ2v) is 10.9. The molecule has 2 saturated carbocycles. The van der Waals surface area contributed by atoms with Gasteiger partial charge in [-0.05, 0) is 98.5 Å². The molecule has 200 valence electrons. The highest BCUT2D eigenvalue weighted by atomic mass is 16.3. The molecule has 2 aliphatic rings. The van der Waals surface area contributed by atoms with Gasteiger partial charge in [0.15, 0.2) is 0 Å². The summed E-state index contributed by atoms with van der Waals surface area (Å²) in [5, 5.41) is 19.0. The van der Waals surface area contributed by atoms with E-state index in [1.165, 1.54) is 38.5 Å². The third-order valence-electron chi connectivity index (χ3n) is 8.33. The van der Waals surface area contributed by atoms with E-state index in [1.807, 2.05) is 48.5 Å². The predicted molar refractivity (Wildman–Crippen MR) is 159 cm³/mol. The van der Waals surface area contributed by atoms with Crippen LogP contribution >= 0.6 is 0 Å². The van der Waals surface area contributed by atoms with Crippen LogP contribution in [0.15, 0.2) is 97.1 Å². The Balaban J connectivity index is 0.000000132. The maximum atomic E-state index is 9.48. The zero-order chi connectivity index (χ0) is 27.1. The standard InChI is InChI=1S/2C17H16N2O/c2*20-14-10-8-13(9-11-14)19-16-7-2-1-6-15(16)18-17(19)12-4-3-5-12/h2*1-2,6-12,20H,3-5H2. The van der Waals surface area contributed by atoms with Gasteiger partial charge in [0, 0.05) is 23.2 Å². The normalized spacial score (nSPS) is 15.4. The fraction of sp³-hybridized carbons (Fsp3) is 0.235. The number of phenolic OH excluding ortho intramolecular Hbond substituents is 2. The third-order valence-corrected chi connectivity index (χ3v) is 8.33. The first-order valence-electron chi connectivity index (χ1n) is 14.2. The van der Waals surface area contributed by atoms with Crippen LogP contribution in [0, 0.1) is 0 Å². The molecule has 4 aromatic carbocycles. The highest BCUT2D eigenvalue weighted by molar-refractivity contribution is 5.79. The lowest BCUT2D eigenvalue weighted by atomic mass is 9.85. The summed E-state index contributed by atoms with van der Waals surface area (Å²) in [7, 11) is 0. The van der Waals surface area contributed by atoms with Gasteiger partial charge in [0.05, 0.1) is 22.1 Å². The number of hydrogen-bond donors (Lipinski definition) is 2. The molecule has 8 rings (SSSR count). The molecular formula is C34H32N4O2. The lowest BCUT2D eigenvalue weighted by Gasteiger charge is -2.25. The minimum atomic E-state index is 0.295. The van der Waals surface area contributed by atoms with Crippen LogP contribution < -0.4 is 0 Å². The topological polar surface area (TPSA) is 76.1 Å². The molecule has 0 unspecified atom stereocenters. The quantitative estimate of drug-likeness (QED) is 0.243.